The topological polar surface area (TPSA) is 9.23 Å². The van der Waals surface area contributed by atoms with Gasteiger partial charge in [0.2, 0.25) is 0 Å². The second-order valence-corrected chi connectivity index (χ2v) is 4.32. The van der Waals surface area contributed by atoms with Crippen molar-refractivity contribution < 1.29 is 13.5 Å². The van der Waals surface area contributed by atoms with Crippen LogP contribution in [-0.2, 0) is 10.8 Å². The summed E-state index contributed by atoms with van der Waals surface area (Å²) in [6.45, 7) is 9.04. The zero-order valence-electron chi connectivity index (χ0n) is 11.4. The maximum absolute atomic E-state index is 13.8. The molecule has 3 heteroatoms. The monoisotopic (exact) mass is 264 g/mol. The highest BCUT2D eigenvalue weighted by molar-refractivity contribution is 5.25. The highest BCUT2D eigenvalue weighted by Crippen LogP contribution is 2.31. The summed E-state index contributed by atoms with van der Waals surface area (Å²) in [5.74, 6) is -0.0771. The Kier molecular flexibility index (Phi) is 5.04. The van der Waals surface area contributed by atoms with Crippen LogP contribution < -0.4 is 0 Å². The summed E-state index contributed by atoms with van der Waals surface area (Å²) in [6.07, 6.45) is 1.59. The molecular weight excluding hydrogens is 246 g/mol. The molecule has 0 radical (unpaired) electrons. The van der Waals surface area contributed by atoms with Gasteiger partial charge in [0.25, 0.3) is 0 Å². The van der Waals surface area contributed by atoms with E-state index in [-0.39, 0.29) is 11.3 Å². The molecule has 1 nitrogen and oxygen atoms in total. The van der Waals surface area contributed by atoms with E-state index in [0.29, 0.717) is 0 Å². The van der Waals surface area contributed by atoms with Gasteiger partial charge in [-0.1, -0.05) is 42.0 Å². The fourth-order valence-corrected chi connectivity index (χ4v) is 1.33. The van der Waals surface area contributed by atoms with E-state index >= 15 is 0 Å². The zero-order chi connectivity index (χ0) is 14.5. The highest BCUT2D eigenvalue weighted by Gasteiger charge is 2.34. The third kappa shape index (κ3) is 4.70. The van der Waals surface area contributed by atoms with Crippen molar-refractivity contribution in [2.45, 2.75) is 26.9 Å². The number of rotatable bonds is 5. The van der Waals surface area contributed by atoms with Crippen LogP contribution in [0.1, 0.15) is 25.0 Å². The van der Waals surface area contributed by atoms with E-state index in [1.54, 1.807) is 18.2 Å². The number of hydrogen-bond acceptors (Lipinski definition) is 1. The van der Waals surface area contributed by atoms with Crippen LogP contribution >= 0.6 is 0 Å². The summed E-state index contributed by atoms with van der Waals surface area (Å²) in [6, 6.07) is 5.94. The molecule has 0 bridgehead atoms. The quantitative estimate of drug-likeness (QED) is 0.531. The van der Waals surface area contributed by atoms with Gasteiger partial charge in [0.05, 0.1) is 5.56 Å². The van der Waals surface area contributed by atoms with E-state index in [0.717, 1.165) is 11.1 Å². The van der Waals surface area contributed by atoms with Gasteiger partial charge < -0.3 is 4.74 Å². The van der Waals surface area contributed by atoms with E-state index < -0.39 is 6.11 Å². The molecule has 0 aliphatic rings. The van der Waals surface area contributed by atoms with E-state index in [1.165, 1.54) is 18.2 Å². The van der Waals surface area contributed by atoms with E-state index in [9.17, 15) is 8.78 Å². The number of halogens is 2. The van der Waals surface area contributed by atoms with Crippen LogP contribution in [0.4, 0.5) is 8.78 Å². The van der Waals surface area contributed by atoms with Crippen molar-refractivity contribution in [1.29, 1.82) is 0 Å². The molecule has 0 N–H and O–H groups in total. The molecule has 1 aromatic carbocycles. The molecule has 0 heterocycles. The van der Waals surface area contributed by atoms with E-state index in [4.69, 9.17) is 0 Å². The van der Waals surface area contributed by atoms with Crippen molar-refractivity contribution in [2.24, 2.45) is 0 Å². The molecule has 0 saturated carbocycles. The Morgan fingerprint density at radius 3 is 2.32 bits per heavy atom. The number of benzene rings is 1. The van der Waals surface area contributed by atoms with Crippen molar-refractivity contribution >= 4 is 0 Å². The van der Waals surface area contributed by atoms with Crippen molar-refractivity contribution in [3.8, 4) is 0 Å². The van der Waals surface area contributed by atoms with Gasteiger partial charge in [-0.05, 0) is 39.0 Å². The number of hydrogen-bond donors (Lipinski definition) is 0. The van der Waals surface area contributed by atoms with Gasteiger partial charge in [0, 0.05) is 0 Å². The van der Waals surface area contributed by atoms with Crippen LogP contribution in [-0.4, -0.2) is 0 Å². The number of ether oxygens (including phenoxy) is 1. The Morgan fingerprint density at radius 2 is 1.79 bits per heavy atom. The number of alkyl halides is 2. The lowest BCUT2D eigenvalue weighted by Gasteiger charge is -2.18. The third-order valence-corrected chi connectivity index (χ3v) is 2.63. The molecule has 0 saturated heterocycles. The van der Waals surface area contributed by atoms with Crippen LogP contribution in [0.15, 0.2) is 60.4 Å². The summed E-state index contributed by atoms with van der Waals surface area (Å²) in [4.78, 5) is 0. The lowest BCUT2D eigenvalue weighted by molar-refractivity contribution is -0.220. The molecule has 0 amide bonds. The first-order valence-electron chi connectivity index (χ1n) is 5.99. The molecule has 102 valence electrons. The summed E-state index contributed by atoms with van der Waals surface area (Å²) in [5.41, 5.74) is 1.68. The molecule has 1 aromatic rings. The summed E-state index contributed by atoms with van der Waals surface area (Å²) in [5, 5.41) is 0. The lowest BCUT2D eigenvalue weighted by atomic mass is 10.1. The standard InChI is InChI=1S/C16H18F2O/c1-5-12(2)6-9-14(4)19-16(17,18)15-10-7-13(3)8-11-15/h5-11H,4H2,1-3H3/b9-6-,12-5-. The Bertz CT molecular complexity index is 496. The van der Waals surface area contributed by atoms with E-state index in [2.05, 4.69) is 11.3 Å². The predicted molar refractivity (Wildman–Crippen MR) is 73.9 cm³/mol. The van der Waals surface area contributed by atoms with Crippen molar-refractivity contribution in [1.82, 2.24) is 0 Å². The van der Waals surface area contributed by atoms with Gasteiger partial charge in [0.15, 0.2) is 0 Å². The average molecular weight is 264 g/mol. The predicted octanol–water partition coefficient (Wildman–Crippen LogP) is 5.10. The summed E-state index contributed by atoms with van der Waals surface area (Å²) >= 11 is 0. The minimum atomic E-state index is -3.38. The molecule has 1 rings (SSSR count). The van der Waals surface area contributed by atoms with Crippen molar-refractivity contribution in [3.05, 3.63) is 71.5 Å². The maximum Gasteiger partial charge on any atom is 0.426 e. The Balaban J connectivity index is 2.77. The van der Waals surface area contributed by atoms with Crippen LogP contribution in [0, 0.1) is 6.92 Å². The Hall–Kier alpha value is -1.90. The number of aryl methyl sites for hydroxylation is 1. The van der Waals surface area contributed by atoms with Gasteiger partial charge >= 0.3 is 6.11 Å². The summed E-state index contributed by atoms with van der Waals surface area (Å²) in [7, 11) is 0. The van der Waals surface area contributed by atoms with Gasteiger partial charge in [-0.3, -0.25) is 0 Å². The first kappa shape index (κ1) is 15.2. The Morgan fingerprint density at radius 1 is 1.21 bits per heavy atom. The SMILES string of the molecule is C=C(/C=C\C(C)=C/C)OC(F)(F)c1ccc(C)cc1. The zero-order valence-corrected chi connectivity index (χ0v) is 11.4. The first-order chi connectivity index (χ1) is 8.85. The molecule has 0 aromatic heterocycles. The molecule has 0 unspecified atom stereocenters. The lowest BCUT2D eigenvalue weighted by Crippen LogP contribution is -2.17. The van der Waals surface area contributed by atoms with Crippen LogP contribution in [0.5, 0.6) is 0 Å². The maximum atomic E-state index is 13.8. The summed E-state index contributed by atoms with van der Waals surface area (Å²) < 4.78 is 32.2. The van der Waals surface area contributed by atoms with Crippen LogP contribution in [0.2, 0.25) is 0 Å². The Labute approximate surface area is 112 Å². The fraction of sp³-hybridized carbons (Fsp3) is 0.250. The largest absolute Gasteiger partial charge is 0.430 e. The van der Waals surface area contributed by atoms with Crippen molar-refractivity contribution in [3.63, 3.8) is 0 Å². The second-order valence-electron chi connectivity index (χ2n) is 4.32. The minimum absolute atomic E-state index is 0.0771. The van der Waals surface area contributed by atoms with Gasteiger partial charge in [-0.25, -0.2) is 0 Å². The van der Waals surface area contributed by atoms with Crippen molar-refractivity contribution in [2.75, 3.05) is 0 Å². The van der Waals surface area contributed by atoms with Gasteiger partial charge in [-0.2, -0.15) is 8.78 Å². The smallest absolute Gasteiger partial charge is 0.426 e. The molecule has 0 aliphatic heterocycles. The molecule has 0 fully saturated rings. The van der Waals surface area contributed by atoms with Gasteiger partial charge in [0.1, 0.15) is 5.76 Å². The van der Waals surface area contributed by atoms with Gasteiger partial charge in [-0.15, -0.1) is 0 Å². The number of allylic oxidation sites excluding steroid dienone is 4. The second kappa shape index (κ2) is 6.32. The average Bonchev–Trinajstić information content (AvgIpc) is 2.36. The molecular formula is C16H18F2O. The third-order valence-electron chi connectivity index (χ3n) is 2.63. The molecule has 0 spiro atoms. The molecule has 0 aliphatic carbocycles. The molecule has 19 heavy (non-hydrogen) atoms. The normalized spacial score (nSPS) is 12.8. The highest BCUT2D eigenvalue weighted by atomic mass is 19.3. The molecule has 0 atom stereocenters. The van der Waals surface area contributed by atoms with Crippen LogP contribution in [0.3, 0.4) is 0 Å². The fourth-order valence-electron chi connectivity index (χ4n) is 1.33. The minimum Gasteiger partial charge on any atom is -0.430 e. The van der Waals surface area contributed by atoms with Crippen LogP contribution in [0.25, 0.3) is 0 Å². The van der Waals surface area contributed by atoms with E-state index in [1.807, 2.05) is 26.8 Å². The first-order valence-corrected chi connectivity index (χ1v) is 5.99.